The number of carbonyl (C=O) groups is 2. The van der Waals surface area contributed by atoms with Gasteiger partial charge in [0.15, 0.2) is 6.29 Å². The van der Waals surface area contributed by atoms with Gasteiger partial charge < -0.3 is 21.1 Å². The molecule has 194 valence electrons. The predicted molar refractivity (Wildman–Crippen MR) is 146 cm³/mol. The number of morpholine rings is 1. The third-order valence-electron chi connectivity index (χ3n) is 5.42. The Hall–Kier alpha value is -2.61. The Morgan fingerprint density at radius 1 is 1.31 bits per heavy atom. The second-order valence-electron chi connectivity index (χ2n) is 8.53. The van der Waals surface area contributed by atoms with Gasteiger partial charge in [-0.3, -0.25) is 14.5 Å². The number of rotatable bonds is 11. The second kappa shape index (κ2) is 16.1. The standard InChI is InChI=1S/C25H35ClN4O3.C2H6/c1-17(14-30-8-10-33-19(3)15-30)13-28-20(4)25(29-18(2)7-9-31)11-21(16-32)23-12-22(26)5-6-24(23)27;1-2/h5-7,9,11-12,16-17,19,28-29H,8,10,13-15,27H2,1-4H3;1-2H3/b18-7+,21-11+,25-20-;. The molecule has 0 amide bonds. The molecule has 0 saturated carbocycles. The maximum atomic E-state index is 11.9. The van der Waals surface area contributed by atoms with Crippen LogP contribution in [0.25, 0.3) is 5.57 Å². The summed E-state index contributed by atoms with van der Waals surface area (Å²) in [4.78, 5) is 25.3. The zero-order chi connectivity index (χ0) is 26.4. The van der Waals surface area contributed by atoms with Crippen LogP contribution in [0.2, 0.25) is 5.02 Å². The van der Waals surface area contributed by atoms with Crippen LogP contribution in [-0.4, -0.2) is 56.4 Å². The van der Waals surface area contributed by atoms with E-state index < -0.39 is 0 Å². The van der Waals surface area contributed by atoms with E-state index in [1.54, 1.807) is 31.2 Å². The molecule has 2 unspecified atom stereocenters. The number of aldehydes is 2. The number of halogens is 1. The van der Waals surface area contributed by atoms with E-state index in [0.717, 1.165) is 44.8 Å². The molecular formula is C27H41ClN4O3. The molecule has 7 nitrogen and oxygen atoms in total. The number of hydrogen-bond acceptors (Lipinski definition) is 7. The minimum Gasteiger partial charge on any atom is -0.398 e. The summed E-state index contributed by atoms with van der Waals surface area (Å²) in [5, 5.41) is 7.16. The van der Waals surface area contributed by atoms with Gasteiger partial charge in [-0.05, 0) is 57.0 Å². The van der Waals surface area contributed by atoms with Crippen LogP contribution in [0.3, 0.4) is 0 Å². The van der Waals surface area contributed by atoms with Crippen molar-refractivity contribution < 1.29 is 14.3 Å². The van der Waals surface area contributed by atoms with Crippen molar-refractivity contribution >= 4 is 35.4 Å². The molecule has 2 rings (SSSR count). The van der Waals surface area contributed by atoms with Crippen molar-refractivity contribution in [2.45, 2.75) is 47.6 Å². The van der Waals surface area contributed by atoms with Gasteiger partial charge in [-0.2, -0.15) is 0 Å². The SMILES string of the molecule is C/C(NCC(C)CN1CCOC(C)C1)=C(\C=C(/C=O)c1cc(Cl)ccc1N)N/C(C)=C/C=O.CC. The number of carbonyl (C=O) groups excluding carboxylic acids is 2. The van der Waals surface area contributed by atoms with E-state index in [-0.39, 0.29) is 6.10 Å². The Kier molecular flexibility index (Phi) is 14.0. The summed E-state index contributed by atoms with van der Waals surface area (Å²) in [5.74, 6) is 0.399. The molecular weight excluding hydrogens is 464 g/mol. The molecule has 1 saturated heterocycles. The van der Waals surface area contributed by atoms with Crippen molar-refractivity contribution in [3.8, 4) is 0 Å². The molecule has 1 fully saturated rings. The number of benzene rings is 1. The van der Waals surface area contributed by atoms with E-state index in [2.05, 4.69) is 29.4 Å². The van der Waals surface area contributed by atoms with Gasteiger partial charge in [0.2, 0.25) is 0 Å². The van der Waals surface area contributed by atoms with E-state index in [1.807, 2.05) is 20.8 Å². The number of nitrogen functional groups attached to an aromatic ring is 1. The first-order valence-corrected chi connectivity index (χ1v) is 12.5. The quantitative estimate of drug-likeness (QED) is 0.178. The maximum Gasteiger partial charge on any atom is 0.150 e. The lowest BCUT2D eigenvalue weighted by Crippen LogP contribution is -2.44. The fourth-order valence-electron chi connectivity index (χ4n) is 3.69. The van der Waals surface area contributed by atoms with Gasteiger partial charge in [0.25, 0.3) is 0 Å². The largest absolute Gasteiger partial charge is 0.398 e. The summed E-state index contributed by atoms with van der Waals surface area (Å²) in [5.41, 5.74) is 9.63. The highest BCUT2D eigenvalue weighted by molar-refractivity contribution is 6.31. The summed E-state index contributed by atoms with van der Waals surface area (Å²) in [6.07, 6.45) is 4.87. The Balaban J connectivity index is 0.00000298. The minimum atomic E-state index is 0.259. The van der Waals surface area contributed by atoms with Gasteiger partial charge in [0.1, 0.15) is 6.29 Å². The van der Waals surface area contributed by atoms with Crippen molar-refractivity contribution in [3.05, 3.63) is 58.0 Å². The van der Waals surface area contributed by atoms with Gasteiger partial charge in [-0.1, -0.05) is 32.4 Å². The second-order valence-corrected chi connectivity index (χ2v) is 8.96. The van der Waals surface area contributed by atoms with E-state index in [4.69, 9.17) is 22.1 Å². The van der Waals surface area contributed by atoms with Crippen LogP contribution in [-0.2, 0) is 14.3 Å². The first kappa shape index (κ1) is 30.4. The lowest BCUT2D eigenvalue weighted by atomic mass is 10.0. The van der Waals surface area contributed by atoms with E-state index in [1.165, 1.54) is 6.08 Å². The Bertz CT molecular complexity index is 927. The summed E-state index contributed by atoms with van der Waals surface area (Å²) >= 11 is 6.12. The van der Waals surface area contributed by atoms with E-state index >= 15 is 0 Å². The molecule has 0 radical (unpaired) electrons. The summed E-state index contributed by atoms with van der Waals surface area (Å²) in [6, 6.07) is 5.01. The number of nitrogens with zero attached hydrogens (tertiary/aromatic N) is 1. The zero-order valence-corrected chi connectivity index (χ0v) is 22.6. The van der Waals surface area contributed by atoms with Crippen molar-refractivity contribution in [1.29, 1.82) is 0 Å². The van der Waals surface area contributed by atoms with Gasteiger partial charge in [-0.15, -0.1) is 0 Å². The normalized spacial score (nSPS) is 18.5. The average Bonchev–Trinajstić information content (AvgIpc) is 2.83. The molecule has 8 heteroatoms. The van der Waals surface area contributed by atoms with Gasteiger partial charge in [0, 0.05) is 59.4 Å². The maximum absolute atomic E-state index is 11.9. The first-order valence-electron chi connectivity index (χ1n) is 12.1. The molecule has 35 heavy (non-hydrogen) atoms. The van der Waals surface area contributed by atoms with E-state index in [9.17, 15) is 9.59 Å². The molecule has 0 spiro atoms. The number of hydrogen-bond donors (Lipinski definition) is 3. The number of nitrogens with two attached hydrogens (primary N) is 1. The molecule has 0 aromatic heterocycles. The van der Waals surface area contributed by atoms with Crippen LogP contribution in [0.15, 0.2) is 47.4 Å². The first-order chi connectivity index (χ1) is 16.7. The minimum absolute atomic E-state index is 0.259. The summed E-state index contributed by atoms with van der Waals surface area (Å²) in [6.45, 7) is 16.4. The van der Waals surface area contributed by atoms with E-state index in [0.29, 0.717) is 45.4 Å². The number of ether oxygens (including phenoxy) is 1. The van der Waals surface area contributed by atoms with Crippen molar-refractivity contribution in [3.63, 3.8) is 0 Å². The van der Waals surface area contributed by atoms with Crippen LogP contribution < -0.4 is 16.4 Å². The van der Waals surface area contributed by atoms with Crippen LogP contribution in [0.5, 0.6) is 0 Å². The van der Waals surface area contributed by atoms with Crippen LogP contribution >= 0.6 is 11.6 Å². The van der Waals surface area contributed by atoms with Crippen LogP contribution in [0.4, 0.5) is 5.69 Å². The van der Waals surface area contributed by atoms with Gasteiger partial charge in [0.05, 0.1) is 18.4 Å². The number of anilines is 1. The van der Waals surface area contributed by atoms with Crippen molar-refractivity contribution in [2.24, 2.45) is 5.92 Å². The van der Waals surface area contributed by atoms with Crippen molar-refractivity contribution in [1.82, 2.24) is 15.5 Å². The fourth-order valence-corrected chi connectivity index (χ4v) is 3.86. The smallest absolute Gasteiger partial charge is 0.150 e. The topological polar surface area (TPSA) is 96.7 Å². The van der Waals surface area contributed by atoms with Gasteiger partial charge in [-0.25, -0.2) is 0 Å². The molecule has 1 heterocycles. The Morgan fingerprint density at radius 2 is 2.03 bits per heavy atom. The van der Waals surface area contributed by atoms with Crippen LogP contribution in [0.1, 0.15) is 47.1 Å². The number of nitrogens with one attached hydrogen (secondary N) is 2. The monoisotopic (exact) mass is 504 g/mol. The summed E-state index contributed by atoms with van der Waals surface area (Å²) in [7, 11) is 0. The lowest BCUT2D eigenvalue weighted by molar-refractivity contribution is -0.104. The highest BCUT2D eigenvalue weighted by Crippen LogP contribution is 2.25. The lowest BCUT2D eigenvalue weighted by Gasteiger charge is -2.33. The third-order valence-corrected chi connectivity index (χ3v) is 5.65. The molecule has 1 aliphatic rings. The Labute approximate surface area is 215 Å². The van der Waals surface area contributed by atoms with Crippen LogP contribution in [0, 0.1) is 5.92 Å². The number of allylic oxidation sites excluding steroid dienone is 5. The summed E-state index contributed by atoms with van der Waals surface area (Å²) < 4.78 is 5.62. The van der Waals surface area contributed by atoms with Gasteiger partial charge >= 0.3 is 0 Å². The fraction of sp³-hybridized carbons (Fsp3) is 0.481. The third kappa shape index (κ3) is 10.7. The van der Waals surface area contributed by atoms with Crippen molar-refractivity contribution in [2.75, 3.05) is 38.5 Å². The molecule has 0 aliphatic carbocycles. The highest BCUT2D eigenvalue weighted by Gasteiger charge is 2.18. The molecule has 1 aromatic rings. The Morgan fingerprint density at radius 3 is 2.66 bits per heavy atom. The molecule has 1 aromatic carbocycles. The molecule has 4 N–H and O–H groups in total. The molecule has 0 bridgehead atoms. The average molecular weight is 505 g/mol. The molecule has 2 atom stereocenters. The zero-order valence-electron chi connectivity index (χ0n) is 21.9. The molecule has 1 aliphatic heterocycles. The highest BCUT2D eigenvalue weighted by atomic mass is 35.5. The predicted octanol–water partition coefficient (Wildman–Crippen LogP) is 4.40.